The molecule has 2 heteroatoms. The molecule has 0 atom stereocenters. The monoisotopic (exact) mass is 187 g/mol. The van der Waals surface area contributed by atoms with Crippen molar-refractivity contribution in [3.63, 3.8) is 0 Å². The first-order chi connectivity index (χ1) is 6.65. The van der Waals surface area contributed by atoms with Crippen molar-refractivity contribution in [3.8, 4) is 0 Å². The van der Waals surface area contributed by atoms with Gasteiger partial charge in [-0.1, -0.05) is 37.0 Å². The van der Waals surface area contributed by atoms with E-state index in [1.54, 1.807) is 6.20 Å². The molecule has 0 aromatic carbocycles. The number of aldehydes is 1. The van der Waals surface area contributed by atoms with Gasteiger partial charge in [0.25, 0.3) is 0 Å². The van der Waals surface area contributed by atoms with Gasteiger partial charge in [-0.25, -0.2) is 0 Å². The Hall–Kier alpha value is -1.83. The Morgan fingerprint density at radius 3 is 2.86 bits per heavy atom. The highest BCUT2D eigenvalue weighted by Gasteiger charge is 1.93. The van der Waals surface area contributed by atoms with E-state index >= 15 is 0 Å². The molecule has 0 radical (unpaired) electrons. The van der Waals surface area contributed by atoms with Crippen LogP contribution in [0.1, 0.15) is 17.3 Å². The lowest BCUT2D eigenvalue weighted by Crippen LogP contribution is -2.22. The number of hydrogen-bond donors (Lipinski definition) is 1. The van der Waals surface area contributed by atoms with Crippen LogP contribution in [0, 0.1) is 0 Å². The minimum atomic E-state index is 0.626. The molecule has 1 aromatic heterocycles. The van der Waals surface area contributed by atoms with Gasteiger partial charge in [-0.2, -0.15) is 0 Å². The summed E-state index contributed by atoms with van der Waals surface area (Å²) in [5, 5.41) is 1.58. The second kappa shape index (κ2) is 4.42. The van der Waals surface area contributed by atoms with Crippen LogP contribution in [0.15, 0.2) is 30.5 Å². The Labute approximate surface area is 83.0 Å². The van der Waals surface area contributed by atoms with Gasteiger partial charge in [0.1, 0.15) is 0 Å². The van der Waals surface area contributed by atoms with Gasteiger partial charge in [0.05, 0.1) is 0 Å². The molecule has 0 aliphatic carbocycles. The summed E-state index contributed by atoms with van der Waals surface area (Å²) in [5.41, 5.74) is 1.59. The first-order valence-corrected chi connectivity index (χ1v) is 4.30. The fourth-order valence-corrected chi connectivity index (χ4v) is 1.10. The maximum atomic E-state index is 10.6. The van der Waals surface area contributed by atoms with Gasteiger partial charge in [-0.3, -0.25) is 4.79 Å². The number of aromatic nitrogens is 1. The molecule has 0 saturated carbocycles. The summed E-state index contributed by atoms with van der Waals surface area (Å²) >= 11 is 0. The quantitative estimate of drug-likeness (QED) is 0.559. The first-order valence-electron chi connectivity index (χ1n) is 4.30. The van der Waals surface area contributed by atoms with Crippen LogP contribution in [0.2, 0.25) is 0 Å². The van der Waals surface area contributed by atoms with Gasteiger partial charge in [0, 0.05) is 22.3 Å². The molecule has 2 nitrogen and oxygen atoms in total. The number of carbonyl (C=O) groups is 1. The van der Waals surface area contributed by atoms with Gasteiger partial charge in [0.15, 0.2) is 6.29 Å². The van der Waals surface area contributed by atoms with Gasteiger partial charge < -0.3 is 4.98 Å². The molecular formula is C12H13NO. The summed E-state index contributed by atoms with van der Waals surface area (Å²) in [6.45, 7) is 9.43. The third-order valence-corrected chi connectivity index (χ3v) is 1.81. The molecule has 1 aromatic rings. The number of hydrogen-bond acceptors (Lipinski definition) is 1. The van der Waals surface area contributed by atoms with Crippen molar-refractivity contribution in [2.24, 2.45) is 0 Å². The molecule has 0 aliphatic rings. The Bertz CT molecular complexity index is 477. The number of aromatic amines is 1. The lowest BCUT2D eigenvalue weighted by molar-refractivity contribution is 0.112. The summed E-state index contributed by atoms with van der Waals surface area (Å²) in [5.74, 6) is 0. The molecule has 0 amide bonds. The molecular weight excluding hydrogens is 174 g/mol. The molecule has 1 rings (SSSR count). The van der Waals surface area contributed by atoms with Crippen LogP contribution in [0.4, 0.5) is 0 Å². The van der Waals surface area contributed by atoms with E-state index in [-0.39, 0.29) is 0 Å². The van der Waals surface area contributed by atoms with Gasteiger partial charge >= 0.3 is 0 Å². The number of carbonyl (C=O) groups excluding carboxylic acids is 1. The standard InChI is InChI=1S/C12H13NO/c1-9(2)5-4-6-12-10(3)13-7-11(12)8-14/h4-8,13H,1,3H2,2H3. The molecule has 14 heavy (non-hydrogen) atoms. The molecule has 0 spiro atoms. The molecule has 0 fully saturated rings. The third-order valence-electron chi connectivity index (χ3n) is 1.81. The third kappa shape index (κ3) is 2.33. The van der Waals surface area contributed by atoms with Gasteiger partial charge in [-0.05, 0) is 6.92 Å². The van der Waals surface area contributed by atoms with E-state index in [1.165, 1.54) is 0 Å². The van der Waals surface area contributed by atoms with Crippen molar-refractivity contribution >= 4 is 18.9 Å². The fraction of sp³-hybridized carbons (Fsp3) is 0.0833. The Morgan fingerprint density at radius 1 is 1.57 bits per heavy atom. The number of rotatable bonds is 3. The van der Waals surface area contributed by atoms with Crippen molar-refractivity contribution in [2.45, 2.75) is 6.92 Å². The van der Waals surface area contributed by atoms with Crippen molar-refractivity contribution in [1.29, 1.82) is 0 Å². The van der Waals surface area contributed by atoms with Crippen molar-refractivity contribution in [3.05, 3.63) is 46.6 Å². The van der Waals surface area contributed by atoms with Crippen LogP contribution >= 0.6 is 0 Å². The number of H-pyrrole nitrogens is 1. The largest absolute Gasteiger partial charge is 0.361 e. The topological polar surface area (TPSA) is 32.9 Å². The SMILES string of the molecule is C=C(C)C=CC=c1c(C=O)c[nH]c1=C. The van der Waals surface area contributed by atoms with E-state index in [0.717, 1.165) is 22.4 Å². The Morgan fingerprint density at radius 2 is 2.29 bits per heavy atom. The highest BCUT2D eigenvalue weighted by Crippen LogP contribution is 1.88. The fourth-order valence-electron chi connectivity index (χ4n) is 1.10. The zero-order valence-corrected chi connectivity index (χ0v) is 8.21. The molecule has 0 unspecified atom stereocenters. The summed E-state index contributed by atoms with van der Waals surface area (Å²) < 4.78 is 0. The predicted octanol–water partition coefficient (Wildman–Crippen LogP) is 1.15. The highest BCUT2D eigenvalue weighted by molar-refractivity contribution is 5.75. The maximum absolute atomic E-state index is 10.6. The molecule has 0 bridgehead atoms. The molecule has 1 heterocycles. The maximum Gasteiger partial charge on any atom is 0.152 e. The van der Waals surface area contributed by atoms with Crippen molar-refractivity contribution in [1.82, 2.24) is 4.98 Å². The summed E-state index contributed by atoms with van der Waals surface area (Å²) in [6, 6.07) is 0. The molecule has 0 saturated heterocycles. The van der Waals surface area contributed by atoms with E-state index in [9.17, 15) is 4.79 Å². The predicted molar refractivity (Wildman–Crippen MR) is 59.4 cm³/mol. The second-order valence-corrected chi connectivity index (χ2v) is 3.13. The lowest BCUT2D eigenvalue weighted by atomic mass is 10.2. The van der Waals surface area contributed by atoms with Crippen LogP contribution in [0.5, 0.6) is 0 Å². The van der Waals surface area contributed by atoms with E-state index in [1.807, 2.05) is 25.2 Å². The minimum absolute atomic E-state index is 0.626. The zero-order chi connectivity index (χ0) is 10.6. The first kappa shape index (κ1) is 10.3. The smallest absolute Gasteiger partial charge is 0.152 e. The van der Waals surface area contributed by atoms with Crippen molar-refractivity contribution < 1.29 is 4.79 Å². The van der Waals surface area contributed by atoms with Crippen LogP contribution in [0.3, 0.4) is 0 Å². The summed E-state index contributed by atoms with van der Waals surface area (Å²) in [7, 11) is 0. The molecule has 0 aliphatic heterocycles. The average molecular weight is 187 g/mol. The van der Waals surface area contributed by atoms with Crippen LogP contribution in [-0.4, -0.2) is 11.3 Å². The summed E-state index contributed by atoms with van der Waals surface area (Å²) in [4.78, 5) is 13.5. The summed E-state index contributed by atoms with van der Waals surface area (Å²) in [6.07, 6.45) is 8.03. The Kier molecular flexibility index (Phi) is 3.24. The minimum Gasteiger partial charge on any atom is -0.361 e. The highest BCUT2D eigenvalue weighted by atomic mass is 16.1. The Balaban J connectivity index is 3.17. The zero-order valence-electron chi connectivity index (χ0n) is 8.21. The lowest BCUT2D eigenvalue weighted by Gasteiger charge is -1.82. The van der Waals surface area contributed by atoms with E-state index in [4.69, 9.17) is 0 Å². The average Bonchev–Trinajstić information content (AvgIpc) is 2.47. The number of allylic oxidation sites excluding steroid dienone is 3. The van der Waals surface area contributed by atoms with Gasteiger partial charge in [-0.15, -0.1) is 0 Å². The van der Waals surface area contributed by atoms with E-state index in [0.29, 0.717) is 5.56 Å². The van der Waals surface area contributed by atoms with Gasteiger partial charge in [0.2, 0.25) is 0 Å². The normalized spacial score (nSPS) is 12.2. The number of nitrogens with one attached hydrogen (secondary N) is 1. The van der Waals surface area contributed by atoms with Crippen LogP contribution < -0.4 is 10.6 Å². The van der Waals surface area contributed by atoms with Crippen LogP contribution in [-0.2, 0) is 0 Å². The molecule has 1 N–H and O–H groups in total. The van der Waals surface area contributed by atoms with E-state index < -0.39 is 0 Å². The second-order valence-electron chi connectivity index (χ2n) is 3.13. The van der Waals surface area contributed by atoms with Crippen molar-refractivity contribution in [2.75, 3.05) is 0 Å². The van der Waals surface area contributed by atoms with E-state index in [2.05, 4.69) is 18.1 Å². The molecule has 72 valence electrons. The van der Waals surface area contributed by atoms with Crippen LogP contribution in [0.25, 0.3) is 12.7 Å².